The van der Waals surface area contributed by atoms with Crippen LogP contribution in [0.4, 0.5) is 17.1 Å². The fourth-order valence-corrected chi connectivity index (χ4v) is 5.97. The van der Waals surface area contributed by atoms with Gasteiger partial charge in [-0.15, -0.1) is 0 Å². The molecule has 0 amide bonds. The van der Waals surface area contributed by atoms with E-state index in [-0.39, 0.29) is 5.97 Å². The highest BCUT2D eigenvalue weighted by Crippen LogP contribution is 2.52. The van der Waals surface area contributed by atoms with E-state index in [1.54, 1.807) is 26.2 Å². The summed E-state index contributed by atoms with van der Waals surface area (Å²) in [6, 6.07) is 38.3. The molecule has 0 saturated heterocycles. The average Bonchev–Trinajstić information content (AvgIpc) is 3.10. The average molecular weight is 593 g/mol. The molecule has 0 N–H and O–H groups in total. The van der Waals surface area contributed by atoms with Gasteiger partial charge in [0.1, 0.15) is 5.75 Å². The van der Waals surface area contributed by atoms with Gasteiger partial charge in [0.05, 0.1) is 47.6 Å². The van der Waals surface area contributed by atoms with Crippen molar-refractivity contribution in [2.75, 3.05) is 18.6 Å². The standard InChI is InChI=1S/C39H32N2O4/c1-4-25-20-23-34(41-32-10-6-8-12-35(32)45-36-13-9-7-11-33(36)41)38-37(25)30(26-18-21-29(43-3)22-19-26)24-31(40-38)27-14-16-28(17-15-27)39(42)44-5-2/h6-24H,4-5H2,1-3H3. The van der Waals surface area contributed by atoms with Crippen LogP contribution in [0.25, 0.3) is 33.3 Å². The van der Waals surface area contributed by atoms with E-state index in [1.807, 2.05) is 60.7 Å². The van der Waals surface area contributed by atoms with Crippen molar-refractivity contribution in [3.8, 4) is 39.6 Å². The van der Waals surface area contributed by atoms with Gasteiger partial charge in [-0.3, -0.25) is 0 Å². The Morgan fingerprint density at radius 3 is 2.02 bits per heavy atom. The van der Waals surface area contributed by atoms with Gasteiger partial charge in [0.2, 0.25) is 0 Å². The lowest BCUT2D eigenvalue weighted by Gasteiger charge is -2.33. The van der Waals surface area contributed by atoms with Crippen molar-refractivity contribution < 1.29 is 19.0 Å². The fraction of sp³-hybridized carbons (Fsp3) is 0.128. The molecule has 0 fully saturated rings. The van der Waals surface area contributed by atoms with Crippen molar-refractivity contribution in [1.82, 2.24) is 4.98 Å². The molecule has 0 unspecified atom stereocenters. The number of para-hydroxylation sites is 4. The van der Waals surface area contributed by atoms with Crippen LogP contribution in [0, 0.1) is 0 Å². The first-order valence-electron chi connectivity index (χ1n) is 15.1. The Balaban J connectivity index is 1.52. The molecule has 0 radical (unpaired) electrons. The Labute approximate surface area is 262 Å². The maximum absolute atomic E-state index is 12.4. The van der Waals surface area contributed by atoms with E-state index in [9.17, 15) is 4.79 Å². The summed E-state index contributed by atoms with van der Waals surface area (Å²) in [5.41, 5.74) is 9.24. The Kier molecular flexibility index (Phi) is 7.39. The topological polar surface area (TPSA) is 60.9 Å². The summed E-state index contributed by atoms with van der Waals surface area (Å²) in [6.07, 6.45) is 0.839. The SMILES string of the molecule is CCOC(=O)c1ccc(-c2cc(-c3ccc(OC)cc3)c3c(CC)ccc(N4c5ccccc5Oc5ccccc54)c3n2)cc1. The second kappa shape index (κ2) is 11.8. The van der Waals surface area contributed by atoms with Gasteiger partial charge in [-0.1, -0.05) is 61.5 Å². The van der Waals surface area contributed by atoms with Crippen LogP contribution in [0.3, 0.4) is 0 Å². The number of carbonyl (C=O) groups is 1. The van der Waals surface area contributed by atoms with Gasteiger partial charge in [0.15, 0.2) is 11.5 Å². The van der Waals surface area contributed by atoms with E-state index in [1.165, 1.54) is 5.56 Å². The van der Waals surface area contributed by atoms with Gasteiger partial charge in [-0.05, 0) is 90.7 Å². The van der Waals surface area contributed by atoms with Gasteiger partial charge in [-0.25, -0.2) is 9.78 Å². The molecule has 0 aliphatic carbocycles. The molecule has 0 spiro atoms. The van der Waals surface area contributed by atoms with Crippen LogP contribution in [-0.4, -0.2) is 24.7 Å². The summed E-state index contributed by atoms with van der Waals surface area (Å²) in [6.45, 7) is 4.31. The van der Waals surface area contributed by atoms with Gasteiger partial charge in [0, 0.05) is 10.9 Å². The third kappa shape index (κ3) is 5.04. The lowest BCUT2D eigenvalue weighted by Crippen LogP contribution is -2.16. The van der Waals surface area contributed by atoms with Crippen LogP contribution in [-0.2, 0) is 11.2 Å². The van der Waals surface area contributed by atoms with Crippen molar-refractivity contribution in [1.29, 1.82) is 0 Å². The lowest BCUT2D eigenvalue weighted by atomic mass is 9.93. The first-order chi connectivity index (χ1) is 22.1. The van der Waals surface area contributed by atoms with Gasteiger partial charge in [-0.2, -0.15) is 0 Å². The molecule has 45 heavy (non-hydrogen) atoms. The highest BCUT2D eigenvalue weighted by molar-refractivity contribution is 6.07. The van der Waals surface area contributed by atoms with Crippen LogP contribution < -0.4 is 14.4 Å². The summed E-state index contributed by atoms with van der Waals surface area (Å²) < 4.78 is 17.0. The molecular formula is C39H32N2O4. The van der Waals surface area contributed by atoms with E-state index in [0.717, 1.165) is 74.0 Å². The molecule has 2 heterocycles. The minimum atomic E-state index is -0.339. The first kappa shape index (κ1) is 28.2. The quantitative estimate of drug-likeness (QED) is 0.172. The smallest absolute Gasteiger partial charge is 0.338 e. The monoisotopic (exact) mass is 592 g/mol. The molecule has 1 aliphatic heterocycles. The second-order valence-electron chi connectivity index (χ2n) is 10.8. The zero-order chi connectivity index (χ0) is 30.9. The number of pyridine rings is 1. The molecule has 7 rings (SSSR count). The number of ether oxygens (including phenoxy) is 3. The Bertz CT molecular complexity index is 1990. The third-order valence-electron chi connectivity index (χ3n) is 8.17. The summed E-state index contributed by atoms with van der Waals surface area (Å²) in [5, 5.41) is 1.09. The zero-order valence-electron chi connectivity index (χ0n) is 25.4. The Hall–Kier alpha value is -5.62. The molecule has 0 saturated carbocycles. The number of rotatable bonds is 7. The van der Waals surface area contributed by atoms with Crippen molar-refractivity contribution in [3.63, 3.8) is 0 Å². The number of hydrogen-bond donors (Lipinski definition) is 0. The van der Waals surface area contributed by atoms with Gasteiger partial charge < -0.3 is 19.1 Å². The predicted octanol–water partition coefficient (Wildman–Crippen LogP) is 9.89. The van der Waals surface area contributed by atoms with Crippen LogP contribution in [0.5, 0.6) is 17.2 Å². The number of hydrogen-bond acceptors (Lipinski definition) is 6. The van der Waals surface area contributed by atoms with Crippen molar-refractivity contribution in [2.45, 2.75) is 20.3 Å². The van der Waals surface area contributed by atoms with Crippen LogP contribution in [0.2, 0.25) is 0 Å². The van der Waals surface area contributed by atoms with Crippen LogP contribution >= 0.6 is 0 Å². The van der Waals surface area contributed by atoms with E-state index >= 15 is 0 Å². The third-order valence-corrected chi connectivity index (χ3v) is 8.17. The zero-order valence-corrected chi connectivity index (χ0v) is 25.4. The fourth-order valence-electron chi connectivity index (χ4n) is 5.97. The lowest BCUT2D eigenvalue weighted by molar-refractivity contribution is 0.0526. The maximum Gasteiger partial charge on any atom is 0.338 e. The van der Waals surface area contributed by atoms with E-state index < -0.39 is 0 Å². The number of esters is 1. The minimum Gasteiger partial charge on any atom is -0.497 e. The summed E-state index contributed by atoms with van der Waals surface area (Å²) in [7, 11) is 1.67. The molecule has 0 bridgehead atoms. The van der Waals surface area contributed by atoms with Crippen molar-refractivity contribution >= 4 is 33.9 Å². The molecule has 6 nitrogen and oxygen atoms in total. The number of aryl methyl sites for hydroxylation is 1. The number of nitrogens with zero attached hydrogens (tertiary/aromatic N) is 2. The second-order valence-corrected chi connectivity index (χ2v) is 10.8. The molecule has 1 aliphatic rings. The summed E-state index contributed by atoms with van der Waals surface area (Å²) >= 11 is 0. The van der Waals surface area contributed by atoms with Gasteiger partial charge >= 0.3 is 5.97 Å². The normalized spacial score (nSPS) is 11.8. The Morgan fingerprint density at radius 2 is 1.40 bits per heavy atom. The minimum absolute atomic E-state index is 0.328. The number of benzene rings is 5. The van der Waals surface area contributed by atoms with Gasteiger partial charge in [0.25, 0.3) is 0 Å². The van der Waals surface area contributed by atoms with Crippen molar-refractivity contribution in [2.24, 2.45) is 0 Å². The number of methoxy groups -OCH3 is 1. The van der Waals surface area contributed by atoms with Crippen LogP contribution in [0.1, 0.15) is 29.8 Å². The number of aromatic nitrogens is 1. The van der Waals surface area contributed by atoms with E-state index in [2.05, 4.69) is 54.3 Å². The molecule has 222 valence electrons. The highest BCUT2D eigenvalue weighted by atomic mass is 16.5. The molecule has 6 aromatic rings. The van der Waals surface area contributed by atoms with E-state index in [0.29, 0.717) is 12.2 Å². The molecule has 6 heteroatoms. The molecule has 5 aromatic carbocycles. The van der Waals surface area contributed by atoms with Crippen molar-refractivity contribution in [3.05, 3.63) is 126 Å². The highest BCUT2D eigenvalue weighted by Gasteiger charge is 2.28. The molecule has 1 aromatic heterocycles. The number of fused-ring (bicyclic) bond motifs is 3. The maximum atomic E-state index is 12.4. The largest absolute Gasteiger partial charge is 0.497 e. The molecular weight excluding hydrogens is 560 g/mol. The number of anilines is 3. The summed E-state index contributed by atoms with van der Waals surface area (Å²) in [4.78, 5) is 20.0. The summed E-state index contributed by atoms with van der Waals surface area (Å²) in [5.74, 6) is 2.02. The van der Waals surface area contributed by atoms with Crippen LogP contribution in [0.15, 0.2) is 115 Å². The van der Waals surface area contributed by atoms with E-state index in [4.69, 9.17) is 19.2 Å². The molecule has 0 atom stereocenters. The Morgan fingerprint density at radius 1 is 0.756 bits per heavy atom. The predicted molar refractivity (Wildman–Crippen MR) is 179 cm³/mol. The first-order valence-corrected chi connectivity index (χ1v) is 15.1. The number of carbonyl (C=O) groups excluding carboxylic acids is 1.